The van der Waals surface area contributed by atoms with Crippen LogP contribution in [0.1, 0.15) is 5.56 Å². The fraction of sp³-hybridized carbons (Fsp3) is 0.0714. The fourth-order valence-electron chi connectivity index (χ4n) is 1.81. The van der Waals surface area contributed by atoms with Crippen LogP contribution in [-0.2, 0) is 6.54 Å². The lowest BCUT2D eigenvalue weighted by atomic mass is 10.1. The average Bonchev–Trinajstić information content (AvgIpc) is 3.10. The van der Waals surface area contributed by atoms with Crippen LogP contribution in [0, 0.1) is 0 Å². The Labute approximate surface area is 109 Å². The van der Waals surface area contributed by atoms with Gasteiger partial charge in [-0.05, 0) is 40.6 Å². The second kappa shape index (κ2) is 5.06. The number of benzene rings is 1. The van der Waals surface area contributed by atoms with Gasteiger partial charge in [-0.25, -0.2) is 0 Å². The molecule has 0 unspecified atom stereocenters. The maximum absolute atomic E-state index is 3.97. The lowest BCUT2D eigenvalue weighted by Crippen LogP contribution is -1.97. The number of anilines is 1. The number of nitrogens with zero attached hydrogens (tertiary/aromatic N) is 1. The van der Waals surface area contributed by atoms with Crippen molar-refractivity contribution in [2.24, 2.45) is 0 Å². The van der Waals surface area contributed by atoms with E-state index in [9.17, 15) is 0 Å². The van der Waals surface area contributed by atoms with Crippen LogP contribution in [0.5, 0.6) is 0 Å². The van der Waals surface area contributed by atoms with E-state index in [2.05, 4.69) is 50.5 Å². The molecular weight excluding hydrogens is 242 g/mol. The van der Waals surface area contributed by atoms with Gasteiger partial charge in [-0.3, -0.25) is 5.10 Å². The molecule has 2 heterocycles. The van der Waals surface area contributed by atoms with E-state index in [1.54, 1.807) is 17.5 Å². The van der Waals surface area contributed by atoms with Crippen molar-refractivity contribution in [3.05, 3.63) is 58.9 Å². The van der Waals surface area contributed by atoms with Crippen molar-refractivity contribution in [2.75, 3.05) is 5.32 Å². The Hall–Kier alpha value is -2.07. The number of hydrogen-bond donors (Lipinski definition) is 2. The predicted molar refractivity (Wildman–Crippen MR) is 75.7 cm³/mol. The van der Waals surface area contributed by atoms with Crippen LogP contribution in [0.15, 0.2) is 53.4 Å². The first-order valence-electron chi connectivity index (χ1n) is 5.76. The first-order valence-corrected chi connectivity index (χ1v) is 6.71. The fourth-order valence-corrected chi connectivity index (χ4v) is 2.48. The first-order chi connectivity index (χ1) is 8.92. The molecule has 3 rings (SSSR count). The normalized spacial score (nSPS) is 10.4. The lowest BCUT2D eigenvalue weighted by molar-refractivity contribution is 1.09. The molecule has 3 nitrogen and oxygen atoms in total. The van der Waals surface area contributed by atoms with Crippen LogP contribution in [0.2, 0.25) is 0 Å². The van der Waals surface area contributed by atoms with Gasteiger partial charge in [0.05, 0.1) is 5.69 Å². The summed E-state index contributed by atoms with van der Waals surface area (Å²) < 4.78 is 0. The summed E-state index contributed by atoms with van der Waals surface area (Å²) in [6.45, 7) is 0.857. The van der Waals surface area contributed by atoms with Crippen molar-refractivity contribution in [1.82, 2.24) is 10.2 Å². The van der Waals surface area contributed by atoms with Gasteiger partial charge in [0.15, 0.2) is 0 Å². The third kappa shape index (κ3) is 2.43. The van der Waals surface area contributed by atoms with E-state index in [1.807, 2.05) is 12.1 Å². The Bertz CT molecular complexity index is 600. The molecule has 1 aromatic carbocycles. The van der Waals surface area contributed by atoms with Gasteiger partial charge < -0.3 is 5.32 Å². The van der Waals surface area contributed by atoms with Crippen LogP contribution in [-0.4, -0.2) is 10.2 Å². The Morgan fingerprint density at radius 3 is 3.00 bits per heavy atom. The largest absolute Gasteiger partial charge is 0.381 e. The van der Waals surface area contributed by atoms with Crippen LogP contribution < -0.4 is 5.32 Å². The highest BCUT2D eigenvalue weighted by Gasteiger charge is 2.00. The van der Waals surface area contributed by atoms with Crippen molar-refractivity contribution in [1.29, 1.82) is 0 Å². The minimum atomic E-state index is 0.857. The quantitative estimate of drug-likeness (QED) is 0.745. The Kier molecular flexibility index (Phi) is 3.10. The van der Waals surface area contributed by atoms with E-state index >= 15 is 0 Å². The zero-order valence-corrected chi connectivity index (χ0v) is 10.6. The first kappa shape index (κ1) is 11.0. The van der Waals surface area contributed by atoms with Gasteiger partial charge in [-0.2, -0.15) is 16.4 Å². The maximum atomic E-state index is 3.97. The van der Waals surface area contributed by atoms with E-state index in [4.69, 9.17) is 0 Å². The number of nitrogens with one attached hydrogen (secondary N) is 2. The zero-order chi connectivity index (χ0) is 12.2. The summed E-state index contributed by atoms with van der Waals surface area (Å²) in [5.74, 6) is 0. The lowest BCUT2D eigenvalue weighted by Gasteiger charge is -2.06. The summed E-state index contributed by atoms with van der Waals surface area (Å²) in [5.41, 5.74) is 4.61. The number of aromatic amines is 1. The van der Waals surface area contributed by atoms with E-state index in [-0.39, 0.29) is 0 Å². The molecule has 0 saturated heterocycles. The standard InChI is InChI=1S/C14H13N3S/c1-2-12(14-4-6-16-17-14)8-13(3-1)15-9-11-5-7-18-10-11/h1-8,10,15H,9H2,(H,16,17). The van der Waals surface area contributed by atoms with E-state index in [1.165, 1.54) is 5.56 Å². The van der Waals surface area contributed by atoms with Gasteiger partial charge in [0.1, 0.15) is 0 Å². The average molecular weight is 255 g/mol. The molecule has 2 N–H and O–H groups in total. The van der Waals surface area contributed by atoms with Gasteiger partial charge in [0.25, 0.3) is 0 Å². The van der Waals surface area contributed by atoms with E-state index in [0.29, 0.717) is 0 Å². The molecule has 3 aromatic rings. The SMILES string of the molecule is c1cc(NCc2ccsc2)cc(-c2ccn[nH]2)c1. The highest BCUT2D eigenvalue weighted by atomic mass is 32.1. The highest BCUT2D eigenvalue weighted by molar-refractivity contribution is 7.07. The number of aromatic nitrogens is 2. The molecule has 90 valence electrons. The zero-order valence-electron chi connectivity index (χ0n) is 9.76. The monoisotopic (exact) mass is 255 g/mol. The van der Waals surface area contributed by atoms with Crippen molar-refractivity contribution >= 4 is 17.0 Å². The van der Waals surface area contributed by atoms with E-state index < -0.39 is 0 Å². The molecule has 2 aromatic heterocycles. The topological polar surface area (TPSA) is 40.7 Å². The summed E-state index contributed by atoms with van der Waals surface area (Å²) in [6, 6.07) is 12.4. The molecular formula is C14H13N3S. The highest BCUT2D eigenvalue weighted by Crippen LogP contribution is 2.20. The molecule has 0 aliphatic carbocycles. The Morgan fingerprint density at radius 2 is 2.22 bits per heavy atom. The molecule has 0 atom stereocenters. The van der Waals surface area contributed by atoms with Gasteiger partial charge in [-0.15, -0.1) is 0 Å². The minimum Gasteiger partial charge on any atom is -0.381 e. The van der Waals surface area contributed by atoms with Crippen LogP contribution in [0.4, 0.5) is 5.69 Å². The molecule has 0 saturated carbocycles. The second-order valence-electron chi connectivity index (χ2n) is 4.04. The van der Waals surface area contributed by atoms with Gasteiger partial charge in [0.2, 0.25) is 0 Å². The summed E-state index contributed by atoms with van der Waals surface area (Å²) in [4.78, 5) is 0. The Morgan fingerprint density at radius 1 is 1.22 bits per heavy atom. The smallest absolute Gasteiger partial charge is 0.0650 e. The molecule has 4 heteroatoms. The molecule has 0 amide bonds. The van der Waals surface area contributed by atoms with Crippen LogP contribution >= 0.6 is 11.3 Å². The molecule has 0 fully saturated rings. The molecule has 0 radical (unpaired) electrons. The molecule has 0 aliphatic heterocycles. The van der Waals surface area contributed by atoms with Gasteiger partial charge >= 0.3 is 0 Å². The minimum absolute atomic E-state index is 0.857. The Balaban J connectivity index is 1.75. The van der Waals surface area contributed by atoms with Gasteiger partial charge in [-0.1, -0.05) is 12.1 Å². The predicted octanol–water partition coefficient (Wildman–Crippen LogP) is 3.75. The number of thiophene rings is 1. The van der Waals surface area contributed by atoms with Crippen molar-refractivity contribution < 1.29 is 0 Å². The van der Waals surface area contributed by atoms with Crippen molar-refractivity contribution in [3.63, 3.8) is 0 Å². The number of rotatable bonds is 4. The number of H-pyrrole nitrogens is 1. The summed E-state index contributed by atoms with van der Waals surface area (Å²) in [5, 5.41) is 14.6. The van der Waals surface area contributed by atoms with E-state index in [0.717, 1.165) is 23.5 Å². The molecule has 0 bridgehead atoms. The number of hydrogen-bond acceptors (Lipinski definition) is 3. The molecule has 18 heavy (non-hydrogen) atoms. The third-order valence-electron chi connectivity index (χ3n) is 2.75. The van der Waals surface area contributed by atoms with Gasteiger partial charge in [0, 0.05) is 24.0 Å². The van der Waals surface area contributed by atoms with Crippen LogP contribution in [0.3, 0.4) is 0 Å². The van der Waals surface area contributed by atoms with Crippen molar-refractivity contribution in [2.45, 2.75) is 6.54 Å². The summed E-state index contributed by atoms with van der Waals surface area (Å²) in [6.07, 6.45) is 1.76. The molecule has 0 aliphatic rings. The van der Waals surface area contributed by atoms with Crippen LogP contribution in [0.25, 0.3) is 11.3 Å². The second-order valence-corrected chi connectivity index (χ2v) is 4.82. The maximum Gasteiger partial charge on any atom is 0.0650 e. The molecule has 0 spiro atoms. The summed E-state index contributed by atoms with van der Waals surface area (Å²) in [7, 11) is 0. The van der Waals surface area contributed by atoms with Crippen molar-refractivity contribution in [3.8, 4) is 11.3 Å². The third-order valence-corrected chi connectivity index (χ3v) is 3.48. The summed E-state index contributed by atoms with van der Waals surface area (Å²) >= 11 is 1.72.